The molecule has 3 aromatic heterocycles. The molecule has 0 aromatic carbocycles. The van der Waals surface area contributed by atoms with Crippen molar-refractivity contribution in [2.75, 3.05) is 37.0 Å². The van der Waals surface area contributed by atoms with Crippen LogP contribution < -0.4 is 10.2 Å². The molecule has 0 radical (unpaired) electrons. The number of hydrogen-bond donors (Lipinski definition) is 2. The number of ether oxygens (including phenoxy) is 1. The Morgan fingerprint density at radius 2 is 1.97 bits per heavy atom. The molecule has 1 aliphatic heterocycles. The minimum atomic E-state index is -4.31. The molecule has 3 aromatic rings. The van der Waals surface area contributed by atoms with E-state index in [-0.39, 0.29) is 5.82 Å². The summed E-state index contributed by atoms with van der Waals surface area (Å²) in [5.41, 5.74) is 2.07. The van der Waals surface area contributed by atoms with Crippen LogP contribution in [0.5, 0.6) is 0 Å². The first-order valence-electron chi connectivity index (χ1n) is 9.31. The molecule has 0 aliphatic carbocycles. The van der Waals surface area contributed by atoms with Crippen molar-refractivity contribution in [1.82, 2.24) is 19.9 Å². The van der Waals surface area contributed by atoms with Crippen LogP contribution in [-0.2, 0) is 4.74 Å². The second kappa shape index (κ2) is 7.86. The van der Waals surface area contributed by atoms with E-state index in [0.29, 0.717) is 17.4 Å². The predicted octanol–water partition coefficient (Wildman–Crippen LogP) is 3.61. The zero-order valence-electron chi connectivity index (χ0n) is 15.8. The Hall–Kier alpha value is -2.88. The van der Waals surface area contributed by atoms with Gasteiger partial charge in [-0.25, -0.2) is 15.0 Å². The Balaban J connectivity index is 1.55. The van der Waals surface area contributed by atoms with Gasteiger partial charge in [0.25, 0.3) is 0 Å². The molecule has 0 unspecified atom stereocenters. The minimum absolute atomic E-state index is 0.200. The fourth-order valence-corrected chi connectivity index (χ4v) is 3.35. The van der Waals surface area contributed by atoms with Crippen molar-refractivity contribution in [2.24, 2.45) is 0 Å². The number of aromatic nitrogens is 4. The van der Waals surface area contributed by atoms with E-state index in [1.54, 1.807) is 6.20 Å². The molecule has 10 heteroatoms. The molecule has 154 valence electrons. The molecular weight excluding hydrogens is 385 g/mol. The molecule has 0 amide bonds. The topological polar surface area (TPSA) is 79.0 Å². The molecule has 0 spiro atoms. The van der Waals surface area contributed by atoms with E-state index in [0.717, 1.165) is 47.7 Å². The predicted molar refractivity (Wildman–Crippen MR) is 104 cm³/mol. The molecule has 0 atom stereocenters. The molecule has 0 saturated carbocycles. The number of aromatic amines is 1. The van der Waals surface area contributed by atoms with Gasteiger partial charge in [-0.15, -0.1) is 0 Å². The molecule has 4 heterocycles. The van der Waals surface area contributed by atoms with Gasteiger partial charge in [-0.3, -0.25) is 0 Å². The van der Waals surface area contributed by atoms with E-state index < -0.39 is 12.7 Å². The number of alkyl halides is 3. The highest BCUT2D eigenvalue weighted by Gasteiger charge is 2.30. The standard InChI is InChI=1S/C19H21F3N6O/c1-28(10-19(20,21)22)18-8-15(24-11-25-18)16-6-12-9-23-17(7-14(12)27-16)26-13-2-4-29-5-3-13/h6-9,11,13,27H,2-5,10H2,1H3,(H,23,26). The van der Waals surface area contributed by atoms with E-state index in [1.165, 1.54) is 19.4 Å². The van der Waals surface area contributed by atoms with Gasteiger partial charge in [-0.1, -0.05) is 0 Å². The molecule has 0 bridgehead atoms. The summed E-state index contributed by atoms with van der Waals surface area (Å²) in [6.45, 7) is 0.401. The summed E-state index contributed by atoms with van der Waals surface area (Å²) in [6, 6.07) is 5.66. The van der Waals surface area contributed by atoms with Crippen molar-refractivity contribution in [2.45, 2.75) is 25.1 Å². The van der Waals surface area contributed by atoms with Crippen LogP contribution in [0.15, 0.2) is 30.7 Å². The summed E-state index contributed by atoms with van der Waals surface area (Å²) in [7, 11) is 1.35. The highest BCUT2D eigenvalue weighted by atomic mass is 19.4. The first kappa shape index (κ1) is 19.4. The second-order valence-corrected chi connectivity index (χ2v) is 7.10. The van der Waals surface area contributed by atoms with Crippen LogP contribution >= 0.6 is 0 Å². The third-order valence-electron chi connectivity index (χ3n) is 4.81. The van der Waals surface area contributed by atoms with E-state index >= 15 is 0 Å². The van der Waals surface area contributed by atoms with Crippen molar-refractivity contribution in [1.29, 1.82) is 0 Å². The quantitative estimate of drug-likeness (QED) is 0.674. The number of halogens is 3. The van der Waals surface area contributed by atoms with Gasteiger partial charge in [0.15, 0.2) is 0 Å². The van der Waals surface area contributed by atoms with Gasteiger partial charge in [0.05, 0.1) is 16.9 Å². The van der Waals surface area contributed by atoms with E-state index in [4.69, 9.17) is 4.74 Å². The Morgan fingerprint density at radius 3 is 2.72 bits per heavy atom. The van der Waals surface area contributed by atoms with Crippen LogP contribution in [-0.4, -0.2) is 59.0 Å². The summed E-state index contributed by atoms with van der Waals surface area (Å²) in [4.78, 5) is 16.9. The molecule has 2 N–H and O–H groups in total. The maximum Gasteiger partial charge on any atom is 0.405 e. The lowest BCUT2D eigenvalue weighted by Crippen LogP contribution is -2.31. The Kier molecular flexibility index (Phi) is 5.27. The van der Waals surface area contributed by atoms with E-state index in [1.807, 2.05) is 12.1 Å². The lowest BCUT2D eigenvalue weighted by Gasteiger charge is -2.23. The first-order chi connectivity index (χ1) is 13.9. The number of H-pyrrole nitrogens is 1. The number of hydrogen-bond acceptors (Lipinski definition) is 6. The number of anilines is 2. The highest BCUT2D eigenvalue weighted by Crippen LogP contribution is 2.27. The van der Waals surface area contributed by atoms with Crippen molar-refractivity contribution in [3.05, 3.63) is 30.7 Å². The average molecular weight is 406 g/mol. The van der Waals surface area contributed by atoms with Crippen LogP contribution in [0, 0.1) is 0 Å². The van der Waals surface area contributed by atoms with Crippen molar-refractivity contribution < 1.29 is 17.9 Å². The van der Waals surface area contributed by atoms with E-state index in [9.17, 15) is 13.2 Å². The van der Waals surface area contributed by atoms with Crippen LogP contribution in [0.4, 0.5) is 24.8 Å². The van der Waals surface area contributed by atoms with Gasteiger partial charge in [0, 0.05) is 50.0 Å². The van der Waals surface area contributed by atoms with Crippen molar-refractivity contribution in [3.8, 4) is 11.4 Å². The lowest BCUT2D eigenvalue weighted by atomic mass is 10.1. The van der Waals surface area contributed by atoms with Crippen LogP contribution in [0.2, 0.25) is 0 Å². The van der Waals surface area contributed by atoms with Gasteiger partial charge in [-0.2, -0.15) is 13.2 Å². The fourth-order valence-electron chi connectivity index (χ4n) is 3.35. The number of nitrogens with zero attached hydrogens (tertiary/aromatic N) is 4. The largest absolute Gasteiger partial charge is 0.405 e. The minimum Gasteiger partial charge on any atom is -0.381 e. The molecule has 1 saturated heterocycles. The molecule has 1 aliphatic rings. The SMILES string of the molecule is CN(CC(F)(F)F)c1cc(-c2cc3cnc(NC4CCOCC4)cc3[nH]2)ncn1. The summed E-state index contributed by atoms with van der Waals surface area (Å²) < 4.78 is 43.3. The van der Waals surface area contributed by atoms with Gasteiger partial charge in [0.2, 0.25) is 0 Å². The van der Waals surface area contributed by atoms with E-state index in [2.05, 4.69) is 25.3 Å². The van der Waals surface area contributed by atoms with Crippen LogP contribution in [0.3, 0.4) is 0 Å². The summed E-state index contributed by atoms with van der Waals surface area (Å²) in [5.74, 6) is 0.970. The number of pyridine rings is 1. The van der Waals surface area contributed by atoms with Crippen molar-refractivity contribution in [3.63, 3.8) is 0 Å². The van der Waals surface area contributed by atoms with Gasteiger partial charge < -0.3 is 19.9 Å². The number of nitrogens with one attached hydrogen (secondary N) is 2. The van der Waals surface area contributed by atoms with Gasteiger partial charge in [-0.05, 0) is 18.9 Å². The third kappa shape index (κ3) is 4.76. The first-order valence-corrected chi connectivity index (χ1v) is 9.31. The Labute approximate surface area is 165 Å². The second-order valence-electron chi connectivity index (χ2n) is 7.10. The molecule has 1 fully saturated rings. The third-order valence-corrected chi connectivity index (χ3v) is 4.81. The molecular formula is C19H21F3N6O. The summed E-state index contributed by atoms with van der Waals surface area (Å²) in [6.07, 6.45) is 0.588. The Bertz CT molecular complexity index is 983. The summed E-state index contributed by atoms with van der Waals surface area (Å²) >= 11 is 0. The Morgan fingerprint density at radius 1 is 1.17 bits per heavy atom. The number of fused-ring (bicyclic) bond motifs is 1. The van der Waals surface area contributed by atoms with Crippen LogP contribution in [0.1, 0.15) is 12.8 Å². The number of rotatable bonds is 5. The maximum atomic E-state index is 12.6. The van der Waals surface area contributed by atoms with Gasteiger partial charge >= 0.3 is 6.18 Å². The van der Waals surface area contributed by atoms with Crippen LogP contribution in [0.25, 0.3) is 22.3 Å². The summed E-state index contributed by atoms with van der Waals surface area (Å²) in [5, 5.41) is 4.31. The fraction of sp³-hybridized carbons (Fsp3) is 0.421. The maximum absolute atomic E-state index is 12.6. The van der Waals surface area contributed by atoms with Crippen molar-refractivity contribution >= 4 is 22.5 Å². The molecule has 4 rings (SSSR count). The molecule has 7 nitrogen and oxygen atoms in total. The lowest BCUT2D eigenvalue weighted by molar-refractivity contribution is -0.119. The monoisotopic (exact) mass is 406 g/mol. The smallest absolute Gasteiger partial charge is 0.381 e. The normalized spacial score (nSPS) is 15.6. The van der Waals surface area contributed by atoms with Gasteiger partial charge in [0.1, 0.15) is 24.5 Å². The highest BCUT2D eigenvalue weighted by molar-refractivity contribution is 5.86. The zero-order valence-corrected chi connectivity index (χ0v) is 15.8. The molecule has 29 heavy (non-hydrogen) atoms. The zero-order chi connectivity index (χ0) is 20.4. The average Bonchev–Trinajstić information content (AvgIpc) is 3.11.